The Morgan fingerprint density at radius 2 is 2.00 bits per heavy atom. The normalized spacial score (nSPS) is 10.3. The number of nitrogens with zero attached hydrogens (tertiary/aromatic N) is 1. The molecule has 5 heteroatoms. The van der Waals surface area contributed by atoms with E-state index in [1.165, 1.54) is 0 Å². The lowest BCUT2D eigenvalue weighted by molar-refractivity contribution is 1.07. The summed E-state index contributed by atoms with van der Waals surface area (Å²) in [7, 11) is 0. The predicted molar refractivity (Wildman–Crippen MR) is 65.9 cm³/mol. The Morgan fingerprint density at radius 1 is 1.27 bits per heavy atom. The molecule has 0 aliphatic heterocycles. The molecule has 0 saturated heterocycles. The first-order valence-electron chi connectivity index (χ1n) is 4.32. The van der Waals surface area contributed by atoms with Crippen LogP contribution in [0.3, 0.4) is 0 Å². The highest BCUT2D eigenvalue weighted by Crippen LogP contribution is 2.30. The second kappa shape index (κ2) is 4.84. The minimum absolute atomic E-state index is 0.623. The molecular formula is C10H8Cl2N2S. The van der Waals surface area contributed by atoms with Crippen molar-refractivity contribution in [1.29, 1.82) is 0 Å². The summed E-state index contributed by atoms with van der Waals surface area (Å²) in [6.07, 6.45) is 0. The zero-order chi connectivity index (χ0) is 10.7. The van der Waals surface area contributed by atoms with Crippen molar-refractivity contribution in [3.8, 4) is 0 Å². The van der Waals surface area contributed by atoms with Crippen LogP contribution in [0.5, 0.6) is 0 Å². The number of thiazole rings is 1. The monoisotopic (exact) mass is 258 g/mol. The fraction of sp³-hybridized carbons (Fsp3) is 0.100. The van der Waals surface area contributed by atoms with Crippen LogP contribution in [0.2, 0.25) is 10.0 Å². The highest BCUT2D eigenvalue weighted by Gasteiger charge is 2.04. The van der Waals surface area contributed by atoms with Crippen LogP contribution in [0.15, 0.2) is 29.1 Å². The molecule has 1 aromatic carbocycles. The van der Waals surface area contributed by atoms with E-state index in [2.05, 4.69) is 10.3 Å². The van der Waals surface area contributed by atoms with E-state index in [-0.39, 0.29) is 0 Å². The van der Waals surface area contributed by atoms with Gasteiger partial charge in [-0.25, -0.2) is 4.98 Å². The summed E-state index contributed by atoms with van der Waals surface area (Å²) in [6, 6.07) is 5.42. The average Bonchev–Trinajstić information content (AvgIpc) is 2.70. The van der Waals surface area contributed by atoms with Gasteiger partial charge in [-0.2, -0.15) is 0 Å². The molecule has 0 saturated carbocycles. The molecule has 0 radical (unpaired) electrons. The van der Waals surface area contributed by atoms with Gasteiger partial charge in [-0.15, -0.1) is 11.3 Å². The fourth-order valence-corrected chi connectivity index (χ4v) is 2.26. The number of halogens is 2. The number of anilines is 1. The van der Waals surface area contributed by atoms with E-state index in [9.17, 15) is 0 Å². The molecule has 2 nitrogen and oxygen atoms in total. The number of nitrogens with one attached hydrogen (secondary N) is 1. The lowest BCUT2D eigenvalue weighted by Crippen LogP contribution is -2.00. The largest absolute Gasteiger partial charge is 0.377 e. The Hall–Kier alpha value is -0.770. The zero-order valence-electron chi connectivity index (χ0n) is 7.71. The van der Waals surface area contributed by atoms with Crippen LogP contribution in [-0.2, 0) is 6.54 Å². The molecule has 0 atom stereocenters. The molecule has 2 rings (SSSR count). The third kappa shape index (κ3) is 2.62. The lowest BCUT2D eigenvalue weighted by atomic mass is 10.3. The van der Waals surface area contributed by atoms with Gasteiger partial charge in [0.1, 0.15) is 0 Å². The minimum Gasteiger partial charge on any atom is -0.377 e. The van der Waals surface area contributed by atoms with Gasteiger partial charge in [-0.05, 0) is 12.1 Å². The standard InChI is InChI=1S/C10H8Cl2N2S/c11-8-2-1-3-9(12)10(8)13-4-7-5-15-6-14-7/h1-3,5-6,13H,4H2. The summed E-state index contributed by atoms with van der Waals surface area (Å²) < 4.78 is 0. The van der Waals surface area contributed by atoms with Crippen molar-refractivity contribution in [3.05, 3.63) is 44.8 Å². The molecule has 0 amide bonds. The van der Waals surface area contributed by atoms with Crippen molar-refractivity contribution in [1.82, 2.24) is 4.98 Å². The maximum Gasteiger partial charge on any atom is 0.0795 e. The molecule has 0 fully saturated rings. The number of rotatable bonds is 3. The fourth-order valence-electron chi connectivity index (χ4n) is 1.17. The molecule has 1 heterocycles. The van der Waals surface area contributed by atoms with E-state index in [1.807, 2.05) is 11.4 Å². The molecule has 1 aromatic heterocycles. The van der Waals surface area contributed by atoms with Crippen molar-refractivity contribution in [2.45, 2.75) is 6.54 Å². The maximum atomic E-state index is 6.00. The molecule has 78 valence electrons. The predicted octanol–water partition coefficient (Wildman–Crippen LogP) is 4.06. The van der Waals surface area contributed by atoms with Crippen molar-refractivity contribution in [2.75, 3.05) is 5.32 Å². The van der Waals surface area contributed by atoms with E-state index < -0.39 is 0 Å². The molecule has 0 spiro atoms. The first kappa shape index (κ1) is 10.7. The van der Waals surface area contributed by atoms with Gasteiger partial charge < -0.3 is 5.32 Å². The van der Waals surface area contributed by atoms with Crippen LogP contribution in [-0.4, -0.2) is 4.98 Å². The topological polar surface area (TPSA) is 24.9 Å². The van der Waals surface area contributed by atoms with Gasteiger partial charge in [-0.3, -0.25) is 0 Å². The van der Waals surface area contributed by atoms with E-state index in [0.29, 0.717) is 16.6 Å². The first-order chi connectivity index (χ1) is 7.27. The quantitative estimate of drug-likeness (QED) is 0.898. The highest BCUT2D eigenvalue weighted by atomic mass is 35.5. The number of hydrogen-bond acceptors (Lipinski definition) is 3. The highest BCUT2D eigenvalue weighted by molar-refractivity contribution is 7.07. The summed E-state index contributed by atoms with van der Waals surface area (Å²) in [5.74, 6) is 0. The second-order valence-corrected chi connectivity index (χ2v) is 4.46. The van der Waals surface area contributed by atoms with Gasteiger partial charge in [0.25, 0.3) is 0 Å². The summed E-state index contributed by atoms with van der Waals surface area (Å²) in [4.78, 5) is 4.16. The average molecular weight is 259 g/mol. The zero-order valence-corrected chi connectivity index (χ0v) is 10.0. The van der Waals surface area contributed by atoms with E-state index in [4.69, 9.17) is 23.2 Å². The molecule has 0 bridgehead atoms. The van der Waals surface area contributed by atoms with Gasteiger partial charge >= 0.3 is 0 Å². The summed E-state index contributed by atoms with van der Waals surface area (Å²) in [5, 5.41) is 6.39. The SMILES string of the molecule is Clc1cccc(Cl)c1NCc1cscn1. The van der Waals surface area contributed by atoms with E-state index in [0.717, 1.165) is 11.4 Å². The lowest BCUT2D eigenvalue weighted by Gasteiger charge is -2.08. The summed E-state index contributed by atoms with van der Waals surface area (Å²) in [6.45, 7) is 0.632. The van der Waals surface area contributed by atoms with Gasteiger partial charge in [-0.1, -0.05) is 29.3 Å². The maximum absolute atomic E-state index is 6.00. The summed E-state index contributed by atoms with van der Waals surface area (Å²) in [5.41, 5.74) is 3.54. The van der Waals surface area contributed by atoms with Crippen LogP contribution in [0.4, 0.5) is 5.69 Å². The van der Waals surface area contributed by atoms with Gasteiger partial charge in [0.2, 0.25) is 0 Å². The van der Waals surface area contributed by atoms with Crippen LogP contribution >= 0.6 is 34.5 Å². The molecular weight excluding hydrogens is 251 g/mol. The van der Waals surface area contributed by atoms with E-state index in [1.54, 1.807) is 29.0 Å². The Labute approximate surface area is 102 Å². The van der Waals surface area contributed by atoms with Crippen molar-refractivity contribution in [3.63, 3.8) is 0 Å². The first-order valence-corrected chi connectivity index (χ1v) is 6.02. The second-order valence-electron chi connectivity index (χ2n) is 2.93. The smallest absolute Gasteiger partial charge is 0.0795 e. The van der Waals surface area contributed by atoms with Crippen molar-refractivity contribution in [2.24, 2.45) is 0 Å². The number of para-hydroxylation sites is 1. The van der Waals surface area contributed by atoms with Crippen LogP contribution in [0.1, 0.15) is 5.69 Å². The van der Waals surface area contributed by atoms with Gasteiger partial charge in [0.05, 0.1) is 33.5 Å². The number of hydrogen-bond donors (Lipinski definition) is 1. The Bertz CT molecular complexity index is 422. The van der Waals surface area contributed by atoms with E-state index >= 15 is 0 Å². The number of benzene rings is 1. The minimum atomic E-state index is 0.623. The molecule has 15 heavy (non-hydrogen) atoms. The Balaban J connectivity index is 2.11. The van der Waals surface area contributed by atoms with Crippen molar-refractivity contribution >= 4 is 40.2 Å². The molecule has 0 aliphatic carbocycles. The third-order valence-electron chi connectivity index (χ3n) is 1.89. The van der Waals surface area contributed by atoms with Crippen LogP contribution in [0, 0.1) is 0 Å². The summed E-state index contributed by atoms with van der Waals surface area (Å²) >= 11 is 13.6. The molecule has 0 unspecified atom stereocenters. The molecule has 0 aliphatic rings. The molecule has 1 N–H and O–H groups in total. The third-order valence-corrected chi connectivity index (χ3v) is 3.16. The van der Waals surface area contributed by atoms with Gasteiger partial charge in [0.15, 0.2) is 0 Å². The van der Waals surface area contributed by atoms with Gasteiger partial charge in [0, 0.05) is 5.38 Å². The Kier molecular flexibility index (Phi) is 3.46. The van der Waals surface area contributed by atoms with Crippen LogP contribution in [0.25, 0.3) is 0 Å². The Morgan fingerprint density at radius 3 is 2.60 bits per heavy atom. The van der Waals surface area contributed by atoms with Crippen LogP contribution < -0.4 is 5.32 Å². The van der Waals surface area contributed by atoms with Crippen molar-refractivity contribution < 1.29 is 0 Å². The number of aromatic nitrogens is 1. The molecule has 2 aromatic rings.